The Hall–Kier alpha value is -2.71. The minimum absolute atomic E-state index is 0.138. The van der Waals surface area contributed by atoms with Gasteiger partial charge in [0.1, 0.15) is 5.00 Å². The number of halogens is 1. The molecule has 2 aromatic heterocycles. The van der Waals surface area contributed by atoms with Gasteiger partial charge in [0.2, 0.25) is 17.6 Å². The third kappa shape index (κ3) is 4.40. The molecule has 9 heteroatoms. The van der Waals surface area contributed by atoms with Gasteiger partial charge < -0.3 is 14.6 Å². The molecule has 1 amide bonds. The molecule has 1 aromatic carbocycles. The highest BCUT2D eigenvalue weighted by atomic mass is 35.5. The molecule has 28 heavy (non-hydrogen) atoms. The summed E-state index contributed by atoms with van der Waals surface area (Å²) in [4.78, 5) is 29.5. The number of benzene rings is 1. The molecule has 3 rings (SSSR count). The van der Waals surface area contributed by atoms with E-state index in [0.29, 0.717) is 27.3 Å². The number of esters is 1. The second-order valence-corrected chi connectivity index (χ2v) is 7.71. The quantitative estimate of drug-likeness (QED) is 0.594. The Morgan fingerprint density at radius 2 is 1.96 bits per heavy atom. The molecular weight excluding hydrogens is 402 g/mol. The van der Waals surface area contributed by atoms with E-state index in [4.69, 9.17) is 20.9 Å². The fraction of sp³-hybridized carbons (Fsp3) is 0.263. The maximum atomic E-state index is 12.3. The first kappa shape index (κ1) is 20.0. The van der Waals surface area contributed by atoms with Crippen LogP contribution in [0.5, 0.6) is 0 Å². The van der Waals surface area contributed by atoms with Gasteiger partial charge in [-0.1, -0.05) is 16.8 Å². The van der Waals surface area contributed by atoms with Crippen LogP contribution in [0.4, 0.5) is 5.00 Å². The van der Waals surface area contributed by atoms with Crippen LogP contribution in [0.1, 0.15) is 33.1 Å². The summed E-state index contributed by atoms with van der Waals surface area (Å²) in [5, 5.41) is 7.80. The zero-order chi connectivity index (χ0) is 20.3. The number of hydrogen-bond acceptors (Lipinski definition) is 7. The molecule has 0 saturated heterocycles. The molecule has 3 aromatic rings. The number of methoxy groups -OCH3 is 1. The highest BCUT2D eigenvalue weighted by molar-refractivity contribution is 7.16. The van der Waals surface area contributed by atoms with Crippen LogP contribution < -0.4 is 5.32 Å². The van der Waals surface area contributed by atoms with Crippen molar-refractivity contribution in [3.63, 3.8) is 0 Å². The van der Waals surface area contributed by atoms with Crippen LogP contribution in [0.25, 0.3) is 11.4 Å². The van der Waals surface area contributed by atoms with Crippen molar-refractivity contribution in [3.05, 3.63) is 51.2 Å². The number of rotatable bonds is 6. The van der Waals surface area contributed by atoms with Gasteiger partial charge in [0.05, 0.1) is 12.7 Å². The van der Waals surface area contributed by atoms with Gasteiger partial charge in [0, 0.05) is 28.3 Å². The molecule has 0 unspecified atom stereocenters. The van der Waals surface area contributed by atoms with E-state index in [2.05, 4.69) is 15.5 Å². The minimum Gasteiger partial charge on any atom is -0.465 e. The molecule has 0 saturated carbocycles. The first-order valence-corrected chi connectivity index (χ1v) is 9.65. The number of anilines is 1. The number of nitrogens with one attached hydrogen (secondary N) is 1. The van der Waals surface area contributed by atoms with E-state index < -0.39 is 5.97 Å². The van der Waals surface area contributed by atoms with E-state index in [1.54, 1.807) is 24.3 Å². The van der Waals surface area contributed by atoms with E-state index in [1.807, 2.05) is 13.8 Å². The molecule has 2 heterocycles. The first-order chi connectivity index (χ1) is 13.4. The van der Waals surface area contributed by atoms with Crippen LogP contribution >= 0.6 is 22.9 Å². The summed E-state index contributed by atoms with van der Waals surface area (Å²) in [6, 6.07) is 7.06. The monoisotopic (exact) mass is 419 g/mol. The molecule has 0 fully saturated rings. The Morgan fingerprint density at radius 3 is 2.64 bits per heavy atom. The summed E-state index contributed by atoms with van der Waals surface area (Å²) in [5.41, 5.74) is 1.97. The Morgan fingerprint density at radius 1 is 1.25 bits per heavy atom. The van der Waals surface area contributed by atoms with Gasteiger partial charge in [-0.15, -0.1) is 11.3 Å². The van der Waals surface area contributed by atoms with Crippen molar-refractivity contribution >= 4 is 39.8 Å². The van der Waals surface area contributed by atoms with Crippen molar-refractivity contribution in [3.8, 4) is 11.4 Å². The summed E-state index contributed by atoms with van der Waals surface area (Å²) >= 11 is 7.21. The number of hydrogen-bond donors (Lipinski definition) is 1. The van der Waals surface area contributed by atoms with E-state index in [-0.39, 0.29) is 18.7 Å². The molecule has 0 aliphatic heterocycles. The summed E-state index contributed by atoms with van der Waals surface area (Å²) in [5.74, 6) is 0.0655. The van der Waals surface area contributed by atoms with Crippen molar-refractivity contribution in [2.75, 3.05) is 12.4 Å². The number of carbonyl (C=O) groups is 2. The summed E-state index contributed by atoms with van der Waals surface area (Å²) in [6.45, 7) is 3.71. The molecule has 1 N–H and O–H groups in total. The normalized spacial score (nSPS) is 10.7. The predicted molar refractivity (Wildman–Crippen MR) is 107 cm³/mol. The van der Waals surface area contributed by atoms with Gasteiger partial charge in [-0.3, -0.25) is 4.79 Å². The molecule has 0 spiro atoms. The lowest BCUT2D eigenvalue weighted by molar-refractivity contribution is -0.116. The Kier molecular flexibility index (Phi) is 6.11. The number of aryl methyl sites for hydroxylation is 2. The Labute approximate surface area is 170 Å². The molecule has 0 aliphatic carbocycles. The van der Waals surface area contributed by atoms with Gasteiger partial charge >= 0.3 is 5.97 Å². The number of thiophene rings is 1. The van der Waals surface area contributed by atoms with Gasteiger partial charge in [-0.05, 0) is 43.7 Å². The SMILES string of the molecule is COC(=O)c1c(NC(=O)CCc2nc(-c3ccc(Cl)cc3)no2)sc(C)c1C. The van der Waals surface area contributed by atoms with Gasteiger partial charge in [-0.25, -0.2) is 4.79 Å². The predicted octanol–water partition coefficient (Wildman–Crippen LogP) is 4.43. The van der Waals surface area contributed by atoms with Gasteiger partial charge in [0.15, 0.2) is 0 Å². The van der Waals surface area contributed by atoms with Crippen molar-refractivity contribution in [2.24, 2.45) is 0 Å². The van der Waals surface area contributed by atoms with Crippen LogP contribution in [-0.2, 0) is 16.0 Å². The maximum Gasteiger partial charge on any atom is 0.341 e. The summed E-state index contributed by atoms with van der Waals surface area (Å²) in [7, 11) is 1.31. The number of nitrogens with zero attached hydrogens (tertiary/aromatic N) is 2. The van der Waals surface area contributed by atoms with E-state index in [0.717, 1.165) is 16.0 Å². The largest absolute Gasteiger partial charge is 0.465 e. The Balaban J connectivity index is 1.63. The second-order valence-electron chi connectivity index (χ2n) is 6.05. The number of aromatic nitrogens is 2. The maximum absolute atomic E-state index is 12.3. The number of carbonyl (C=O) groups excluding carboxylic acids is 2. The topological polar surface area (TPSA) is 94.3 Å². The van der Waals surface area contributed by atoms with E-state index in [9.17, 15) is 9.59 Å². The van der Waals surface area contributed by atoms with E-state index in [1.165, 1.54) is 18.4 Å². The number of amides is 1. The highest BCUT2D eigenvalue weighted by Crippen LogP contribution is 2.33. The van der Waals surface area contributed by atoms with Crippen molar-refractivity contribution < 1.29 is 18.8 Å². The zero-order valence-corrected chi connectivity index (χ0v) is 17.1. The van der Waals surface area contributed by atoms with Gasteiger partial charge in [0.25, 0.3) is 0 Å². The third-order valence-electron chi connectivity index (χ3n) is 4.16. The van der Waals surface area contributed by atoms with Crippen LogP contribution in [0.2, 0.25) is 5.02 Å². The zero-order valence-electron chi connectivity index (χ0n) is 15.5. The second kappa shape index (κ2) is 8.53. The highest BCUT2D eigenvalue weighted by Gasteiger charge is 2.21. The lowest BCUT2D eigenvalue weighted by atomic mass is 10.1. The van der Waals surface area contributed by atoms with Crippen LogP contribution in [0.3, 0.4) is 0 Å². The standard InChI is InChI=1S/C19H18ClN3O4S/c1-10-11(2)28-18(16(10)19(25)26-3)21-14(24)8-9-15-22-17(23-27-15)12-4-6-13(20)7-5-12/h4-7H,8-9H2,1-3H3,(H,21,24). The molecule has 0 bridgehead atoms. The third-order valence-corrected chi connectivity index (χ3v) is 5.54. The molecule has 7 nitrogen and oxygen atoms in total. The average Bonchev–Trinajstić information content (AvgIpc) is 3.25. The minimum atomic E-state index is -0.471. The van der Waals surface area contributed by atoms with Crippen LogP contribution in [0, 0.1) is 13.8 Å². The molecule has 0 atom stereocenters. The lowest BCUT2D eigenvalue weighted by Crippen LogP contribution is -2.14. The Bertz CT molecular complexity index is 1010. The van der Waals surface area contributed by atoms with Crippen LogP contribution in [0.15, 0.2) is 28.8 Å². The molecule has 146 valence electrons. The molecular formula is C19H18ClN3O4S. The summed E-state index contributed by atoms with van der Waals surface area (Å²) < 4.78 is 10.0. The first-order valence-electron chi connectivity index (χ1n) is 8.45. The fourth-order valence-corrected chi connectivity index (χ4v) is 3.74. The lowest BCUT2D eigenvalue weighted by Gasteiger charge is -2.05. The fourth-order valence-electron chi connectivity index (χ4n) is 2.55. The van der Waals surface area contributed by atoms with Crippen molar-refractivity contribution in [1.82, 2.24) is 10.1 Å². The van der Waals surface area contributed by atoms with Gasteiger partial charge in [-0.2, -0.15) is 4.98 Å². The number of ether oxygens (including phenoxy) is 1. The van der Waals surface area contributed by atoms with Crippen molar-refractivity contribution in [1.29, 1.82) is 0 Å². The van der Waals surface area contributed by atoms with Crippen molar-refractivity contribution in [2.45, 2.75) is 26.7 Å². The smallest absolute Gasteiger partial charge is 0.341 e. The van der Waals surface area contributed by atoms with E-state index >= 15 is 0 Å². The van der Waals surface area contributed by atoms with Crippen LogP contribution in [-0.4, -0.2) is 29.1 Å². The summed E-state index contributed by atoms with van der Waals surface area (Å²) in [6.07, 6.45) is 0.419. The molecule has 0 aliphatic rings. The molecule has 0 radical (unpaired) electrons. The average molecular weight is 420 g/mol.